The lowest BCUT2D eigenvalue weighted by Crippen LogP contribution is -2.58. The number of hydroxylamine groups is 1. The van der Waals surface area contributed by atoms with Crippen molar-refractivity contribution < 1.29 is 19.1 Å². The first-order valence-electron chi connectivity index (χ1n) is 7.79. The number of nitrogens with one attached hydrogen (secondary N) is 4. The van der Waals surface area contributed by atoms with Crippen LogP contribution in [0.1, 0.15) is 5.69 Å². The highest BCUT2D eigenvalue weighted by Gasteiger charge is 2.20. The lowest BCUT2D eigenvalue weighted by molar-refractivity contribution is -0.950. The third-order valence-corrected chi connectivity index (χ3v) is 4.15. The van der Waals surface area contributed by atoms with Gasteiger partial charge in [0.1, 0.15) is 12.4 Å². The zero-order valence-corrected chi connectivity index (χ0v) is 15.4. The summed E-state index contributed by atoms with van der Waals surface area (Å²) in [6.45, 7) is 0.912. The third-order valence-electron chi connectivity index (χ3n) is 3.54. The molecule has 0 amide bonds. The fourth-order valence-electron chi connectivity index (χ4n) is 2.26. The molecule has 2 heterocycles. The molecule has 0 radical (unpaired) electrons. The van der Waals surface area contributed by atoms with Crippen molar-refractivity contribution in [2.24, 2.45) is 5.16 Å². The predicted molar refractivity (Wildman–Crippen MR) is 97.6 cm³/mol. The molecule has 27 heavy (non-hydrogen) atoms. The van der Waals surface area contributed by atoms with Gasteiger partial charge in [-0.15, -0.1) is 5.43 Å². The minimum atomic E-state index is -0.754. The maximum atomic E-state index is 13.3. The van der Waals surface area contributed by atoms with E-state index in [1.54, 1.807) is 12.3 Å². The van der Waals surface area contributed by atoms with Crippen molar-refractivity contribution in [3.63, 3.8) is 0 Å². The van der Waals surface area contributed by atoms with E-state index in [9.17, 15) is 14.8 Å². The van der Waals surface area contributed by atoms with E-state index in [0.717, 1.165) is 0 Å². The minimum Gasteiger partial charge on any atom is -0.586 e. The first-order chi connectivity index (χ1) is 13.0. The number of benzene rings is 1. The van der Waals surface area contributed by atoms with Crippen molar-refractivity contribution in [2.75, 3.05) is 30.3 Å². The van der Waals surface area contributed by atoms with Crippen molar-refractivity contribution >= 4 is 33.3 Å². The lowest BCUT2D eigenvalue weighted by Gasteiger charge is -2.35. The maximum absolute atomic E-state index is 13.3. The fourth-order valence-corrected chi connectivity index (χ4v) is 2.64. The summed E-state index contributed by atoms with van der Waals surface area (Å²) < 4.78 is 18.3. The minimum absolute atomic E-state index is 0.0528. The van der Waals surface area contributed by atoms with Gasteiger partial charge in [0.2, 0.25) is 11.7 Å². The Bertz CT molecular complexity index is 851. The lowest BCUT2D eigenvalue weighted by atomic mass is 10.3. The number of quaternary nitrogens is 1. The molecule has 0 spiro atoms. The van der Waals surface area contributed by atoms with E-state index in [4.69, 9.17) is 0 Å². The number of hydrogen-bond donors (Lipinski definition) is 5. The Morgan fingerprint density at radius 2 is 2.30 bits per heavy atom. The standard InChI is InChI=1S/C14H16BrFN8O3/c15-10-8-9(2-3-11(10)16)20-14(21-25)12-13(23-27-22-12)17-5-6-19-24(26)7-1-4-18-24/h1-4,8,18-19,25H,5-7H2,(H,17,23)(H,20,21). The summed E-state index contributed by atoms with van der Waals surface area (Å²) in [6.07, 6.45) is 3.30. The first-order valence-corrected chi connectivity index (χ1v) is 8.58. The normalized spacial score (nSPS) is 19.1. The van der Waals surface area contributed by atoms with Crippen LogP contribution in [0.4, 0.5) is 15.9 Å². The molecule has 1 aromatic heterocycles. The number of oxime groups is 1. The molecule has 13 heteroatoms. The van der Waals surface area contributed by atoms with Gasteiger partial charge in [-0.3, -0.25) is 0 Å². The van der Waals surface area contributed by atoms with Gasteiger partial charge in [-0.1, -0.05) is 5.16 Å². The number of aromatic nitrogens is 2. The van der Waals surface area contributed by atoms with Crippen LogP contribution in [0.15, 0.2) is 44.7 Å². The van der Waals surface area contributed by atoms with Crippen LogP contribution in [0.5, 0.6) is 0 Å². The Morgan fingerprint density at radius 1 is 1.44 bits per heavy atom. The van der Waals surface area contributed by atoms with E-state index in [1.165, 1.54) is 18.2 Å². The molecule has 1 aliphatic heterocycles. The van der Waals surface area contributed by atoms with Gasteiger partial charge in [0.05, 0.1) is 17.2 Å². The van der Waals surface area contributed by atoms with E-state index in [-0.39, 0.29) is 28.4 Å². The number of halogens is 2. The van der Waals surface area contributed by atoms with Gasteiger partial charge >= 0.3 is 0 Å². The largest absolute Gasteiger partial charge is 0.586 e. The molecule has 0 saturated carbocycles. The highest BCUT2D eigenvalue weighted by Crippen LogP contribution is 2.21. The summed E-state index contributed by atoms with van der Waals surface area (Å²) in [5, 5.41) is 37.6. The predicted octanol–water partition coefficient (Wildman–Crippen LogP) is 1.48. The van der Waals surface area contributed by atoms with Crippen LogP contribution in [-0.4, -0.2) is 45.9 Å². The molecule has 11 nitrogen and oxygen atoms in total. The summed E-state index contributed by atoms with van der Waals surface area (Å²) in [7, 11) is 0. The zero-order valence-electron chi connectivity index (χ0n) is 13.8. The fraction of sp³-hybridized carbons (Fsp3) is 0.214. The summed E-state index contributed by atoms with van der Waals surface area (Å²) >= 11 is 3.08. The molecule has 0 bridgehead atoms. The summed E-state index contributed by atoms with van der Waals surface area (Å²) in [6, 6.07) is 4.18. The van der Waals surface area contributed by atoms with Crippen LogP contribution < -0.4 is 21.5 Å². The smallest absolute Gasteiger partial charge is 0.203 e. The van der Waals surface area contributed by atoms with Gasteiger partial charge in [0.25, 0.3) is 0 Å². The number of nitrogens with zero attached hydrogens (tertiary/aromatic N) is 4. The molecule has 1 atom stereocenters. The highest BCUT2D eigenvalue weighted by molar-refractivity contribution is 9.10. The number of rotatable bonds is 7. The molecule has 144 valence electrons. The Labute approximate surface area is 161 Å². The van der Waals surface area contributed by atoms with Crippen LogP contribution in [0.2, 0.25) is 0 Å². The summed E-state index contributed by atoms with van der Waals surface area (Å²) in [5.74, 6) is -0.270. The highest BCUT2D eigenvalue weighted by atomic mass is 79.9. The average molecular weight is 443 g/mol. The third kappa shape index (κ3) is 4.71. The van der Waals surface area contributed by atoms with Crippen LogP contribution in [0.3, 0.4) is 0 Å². The topological polar surface area (TPSA) is 143 Å². The van der Waals surface area contributed by atoms with Crippen LogP contribution in [-0.2, 0) is 0 Å². The van der Waals surface area contributed by atoms with E-state index >= 15 is 0 Å². The number of anilines is 2. The molecular weight excluding hydrogens is 427 g/mol. The van der Waals surface area contributed by atoms with Crippen LogP contribution >= 0.6 is 15.9 Å². The summed E-state index contributed by atoms with van der Waals surface area (Å²) in [4.78, 5) is -0.754. The van der Waals surface area contributed by atoms with Gasteiger partial charge < -0.3 is 21.0 Å². The van der Waals surface area contributed by atoms with E-state index < -0.39 is 10.7 Å². The molecule has 2 aromatic rings. The Kier molecular flexibility index (Phi) is 5.85. The van der Waals surface area contributed by atoms with Gasteiger partial charge in [0.15, 0.2) is 5.69 Å². The molecule has 1 aromatic carbocycles. The quantitative estimate of drug-likeness (QED) is 0.0818. The molecule has 0 fully saturated rings. The average Bonchev–Trinajstić information content (AvgIpc) is 3.29. The second-order valence-electron chi connectivity index (χ2n) is 5.45. The Balaban J connectivity index is 1.59. The molecule has 1 aliphatic rings. The molecular formula is C14H16BrFN8O3. The number of hydrogen-bond acceptors (Lipinski definition) is 9. The monoisotopic (exact) mass is 442 g/mol. The van der Waals surface area contributed by atoms with Gasteiger partial charge in [0, 0.05) is 12.2 Å². The van der Waals surface area contributed by atoms with Crippen molar-refractivity contribution in [2.45, 2.75) is 0 Å². The number of amidine groups is 1. The molecule has 5 N–H and O–H groups in total. The zero-order chi connectivity index (χ0) is 19.3. The van der Waals surface area contributed by atoms with Gasteiger partial charge in [-0.25, -0.2) is 14.4 Å². The second kappa shape index (κ2) is 8.30. The van der Waals surface area contributed by atoms with Crippen molar-refractivity contribution in [1.29, 1.82) is 0 Å². The van der Waals surface area contributed by atoms with Crippen molar-refractivity contribution in [3.8, 4) is 0 Å². The Morgan fingerprint density at radius 3 is 3.00 bits per heavy atom. The first kappa shape index (κ1) is 19.0. The molecule has 3 rings (SSSR count). The van der Waals surface area contributed by atoms with Gasteiger partial charge in [-0.05, 0) is 50.5 Å². The van der Waals surface area contributed by atoms with E-state index in [2.05, 4.69) is 57.5 Å². The Hall–Kier alpha value is -2.74. The van der Waals surface area contributed by atoms with Crippen LogP contribution in [0.25, 0.3) is 0 Å². The summed E-state index contributed by atoms with van der Waals surface area (Å²) in [5.41, 5.74) is 5.96. The molecule has 0 saturated heterocycles. The molecule has 1 unspecified atom stereocenters. The van der Waals surface area contributed by atoms with Crippen molar-refractivity contribution in [1.82, 2.24) is 21.2 Å². The van der Waals surface area contributed by atoms with Gasteiger partial charge in [-0.2, -0.15) is 4.86 Å². The molecule has 0 aliphatic carbocycles. The van der Waals surface area contributed by atoms with Crippen LogP contribution in [0, 0.1) is 11.0 Å². The maximum Gasteiger partial charge on any atom is 0.203 e. The SMILES string of the molecule is [O-][N+]1(NCCNc2nonc2C(=NO)Nc2ccc(F)c(Br)c2)CC=CN1. The van der Waals surface area contributed by atoms with Crippen molar-refractivity contribution in [3.05, 3.63) is 51.7 Å². The van der Waals surface area contributed by atoms with E-state index in [0.29, 0.717) is 18.8 Å². The van der Waals surface area contributed by atoms with E-state index in [1.807, 2.05) is 0 Å². The second-order valence-corrected chi connectivity index (χ2v) is 6.31.